The van der Waals surface area contributed by atoms with E-state index < -0.39 is 0 Å². The van der Waals surface area contributed by atoms with Crippen molar-refractivity contribution in [2.24, 2.45) is 5.92 Å². The van der Waals surface area contributed by atoms with Gasteiger partial charge in [0.15, 0.2) is 5.16 Å². The van der Waals surface area contributed by atoms with E-state index in [1.165, 1.54) is 24.0 Å². The monoisotopic (exact) mass is 331 g/mol. The lowest BCUT2D eigenvalue weighted by Gasteiger charge is -2.23. The lowest BCUT2D eigenvalue weighted by molar-refractivity contribution is -0.125. The molecular weight excluding hydrogens is 314 g/mol. The first-order chi connectivity index (χ1) is 11.2. The molecule has 2 heterocycles. The quantitative estimate of drug-likeness (QED) is 0.855. The van der Waals surface area contributed by atoms with Crippen molar-refractivity contribution in [3.05, 3.63) is 52.4 Å². The molecule has 0 saturated carbocycles. The van der Waals surface area contributed by atoms with Gasteiger partial charge in [-0.25, -0.2) is 4.98 Å². The van der Waals surface area contributed by atoms with Gasteiger partial charge >= 0.3 is 0 Å². The van der Waals surface area contributed by atoms with Crippen molar-refractivity contribution < 1.29 is 9.53 Å². The van der Waals surface area contributed by atoms with E-state index in [1.807, 2.05) is 24.3 Å². The molecule has 1 aromatic carbocycles. The van der Waals surface area contributed by atoms with Gasteiger partial charge in [0.05, 0.1) is 13.0 Å². The van der Waals surface area contributed by atoms with Crippen molar-refractivity contribution >= 4 is 17.7 Å². The number of amides is 1. The minimum absolute atomic E-state index is 0.0466. The fourth-order valence-corrected chi connectivity index (χ4v) is 3.45. The Balaban J connectivity index is 1.61. The number of methoxy groups -OCH3 is 1. The Labute approximate surface area is 137 Å². The molecule has 1 N–H and O–H groups in total. The summed E-state index contributed by atoms with van der Waals surface area (Å²) in [6.45, 7) is 0.836. The van der Waals surface area contributed by atoms with Crippen LogP contribution in [0.25, 0.3) is 0 Å². The average molecular weight is 331 g/mol. The maximum Gasteiger partial charge on any atom is 0.254 e. The van der Waals surface area contributed by atoms with E-state index in [1.54, 1.807) is 11.7 Å². The molecule has 7 heteroatoms. The molecule has 1 amide bonds. The normalized spacial score (nSPS) is 16.5. The molecule has 0 saturated heterocycles. The fourth-order valence-electron chi connectivity index (χ4n) is 2.39. The highest BCUT2D eigenvalue weighted by molar-refractivity contribution is 7.99. The molecule has 1 aromatic heterocycles. The Morgan fingerprint density at radius 1 is 1.39 bits per heavy atom. The van der Waals surface area contributed by atoms with Gasteiger partial charge in [-0.3, -0.25) is 14.2 Å². The number of hydrogen-bond acceptors (Lipinski definition) is 5. The van der Waals surface area contributed by atoms with Crippen LogP contribution < -0.4 is 15.6 Å². The number of fused-ring (bicyclic) bond motifs is 1. The van der Waals surface area contributed by atoms with Gasteiger partial charge in [0.1, 0.15) is 5.75 Å². The Morgan fingerprint density at radius 3 is 2.91 bits per heavy atom. The molecule has 6 nitrogen and oxygen atoms in total. The zero-order valence-electron chi connectivity index (χ0n) is 12.7. The number of thioether (sulfide) groups is 1. The molecule has 1 unspecified atom stereocenters. The lowest BCUT2D eigenvalue weighted by atomic mass is 10.1. The molecule has 0 fully saturated rings. The number of aromatic nitrogens is 2. The maximum absolute atomic E-state index is 12.3. The topological polar surface area (TPSA) is 73.2 Å². The first kappa shape index (κ1) is 15.6. The van der Waals surface area contributed by atoms with Crippen LogP contribution in [0, 0.1) is 5.92 Å². The molecule has 0 bridgehead atoms. The largest absolute Gasteiger partial charge is 0.497 e. The second-order valence-corrected chi connectivity index (χ2v) is 6.24. The predicted molar refractivity (Wildman–Crippen MR) is 87.6 cm³/mol. The molecule has 1 aliphatic heterocycles. The van der Waals surface area contributed by atoms with E-state index in [9.17, 15) is 9.59 Å². The van der Waals surface area contributed by atoms with E-state index in [-0.39, 0.29) is 17.4 Å². The number of ether oxygens (including phenoxy) is 1. The number of hydrogen-bond donors (Lipinski definition) is 1. The Bertz CT molecular complexity index is 758. The van der Waals surface area contributed by atoms with Gasteiger partial charge in [-0.2, -0.15) is 0 Å². The summed E-state index contributed by atoms with van der Waals surface area (Å²) in [7, 11) is 1.62. The molecule has 0 aliphatic carbocycles. The maximum atomic E-state index is 12.3. The third kappa shape index (κ3) is 3.56. The zero-order valence-corrected chi connectivity index (χ0v) is 13.5. The van der Waals surface area contributed by atoms with E-state index in [4.69, 9.17) is 4.74 Å². The molecule has 0 radical (unpaired) electrons. The van der Waals surface area contributed by atoms with Gasteiger partial charge in [-0.15, -0.1) is 0 Å². The second-order valence-electron chi connectivity index (χ2n) is 5.25. The summed E-state index contributed by atoms with van der Waals surface area (Å²) in [6.07, 6.45) is 1.51. The first-order valence-electron chi connectivity index (χ1n) is 7.26. The lowest BCUT2D eigenvalue weighted by Crippen LogP contribution is -2.39. The molecule has 1 aliphatic rings. The van der Waals surface area contributed by atoms with Gasteiger partial charge in [0.25, 0.3) is 5.56 Å². The van der Waals surface area contributed by atoms with Gasteiger partial charge in [0, 0.05) is 31.1 Å². The number of carbonyl (C=O) groups is 1. The molecule has 2 aromatic rings. The van der Waals surface area contributed by atoms with Crippen molar-refractivity contribution in [3.63, 3.8) is 0 Å². The van der Waals surface area contributed by atoms with Crippen LogP contribution in [0.3, 0.4) is 0 Å². The summed E-state index contributed by atoms with van der Waals surface area (Å²) in [5, 5.41) is 3.61. The summed E-state index contributed by atoms with van der Waals surface area (Å²) < 4.78 is 6.67. The van der Waals surface area contributed by atoms with Gasteiger partial charge in [-0.1, -0.05) is 23.9 Å². The van der Waals surface area contributed by atoms with Crippen molar-refractivity contribution in [2.45, 2.75) is 18.2 Å². The fraction of sp³-hybridized carbons (Fsp3) is 0.312. The highest BCUT2D eigenvalue weighted by Crippen LogP contribution is 2.24. The van der Waals surface area contributed by atoms with Crippen molar-refractivity contribution in [2.75, 3.05) is 12.9 Å². The summed E-state index contributed by atoms with van der Waals surface area (Å²) in [5.41, 5.74) is 0.886. The van der Waals surface area contributed by atoms with Crippen LogP contribution in [-0.4, -0.2) is 28.3 Å². The number of carbonyl (C=O) groups excluding carboxylic acids is 1. The highest BCUT2D eigenvalue weighted by atomic mass is 32.2. The summed E-state index contributed by atoms with van der Waals surface area (Å²) in [6, 6.07) is 8.97. The van der Waals surface area contributed by atoms with E-state index in [0.29, 0.717) is 24.0 Å². The Kier molecular flexibility index (Phi) is 4.66. The second kappa shape index (κ2) is 6.87. The molecule has 1 atom stereocenters. The van der Waals surface area contributed by atoms with E-state index in [2.05, 4.69) is 10.3 Å². The van der Waals surface area contributed by atoms with Crippen molar-refractivity contribution in [3.8, 4) is 5.75 Å². The first-order valence-corrected chi connectivity index (χ1v) is 8.25. The Morgan fingerprint density at radius 2 is 2.17 bits per heavy atom. The standard InChI is InChI=1S/C16H17N3O3S/c1-22-13-4-2-11(3-5-13)8-18-15(21)12-9-19-14(20)6-7-17-16(19)23-10-12/h2-7,12H,8-10H2,1H3,(H,18,21). The third-order valence-electron chi connectivity index (χ3n) is 3.71. The number of benzene rings is 1. The van der Waals surface area contributed by atoms with Crippen molar-refractivity contribution in [1.29, 1.82) is 0 Å². The van der Waals surface area contributed by atoms with E-state index >= 15 is 0 Å². The molecular formula is C16H17N3O3S. The zero-order chi connectivity index (χ0) is 16.2. The molecule has 23 heavy (non-hydrogen) atoms. The average Bonchev–Trinajstić information content (AvgIpc) is 2.60. The minimum atomic E-state index is -0.229. The number of rotatable bonds is 4. The number of nitrogens with zero attached hydrogens (tertiary/aromatic N) is 2. The SMILES string of the molecule is COc1ccc(CNC(=O)C2CSc3nccc(=O)n3C2)cc1. The summed E-state index contributed by atoms with van der Waals surface area (Å²) in [4.78, 5) is 28.3. The van der Waals surface area contributed by atoms with Gasteiger partial charge in [-0.05, 0) is 17.7 Å². The van der Waals surface area contributed by atoms with Gasteiger partial charge < -0.3 is 10.1 Å². The van der Waals surface area contributed by atoms with Crippen LogP contribution in [0.5, 0.6) is 5.75 Å². The van der Waals surface area contributed by atoms with Crippen LogP contribution in [0.15, 0.2) is 46.5 Å². The molecule has 0 spiro atoms. The summed E-state index contributed by atoms with van der Waals surface area (Å²) in [5.74, 6) is 1.14. The van der Waals surface area contributed by atoms with E-state index in [0.717, 1.165) is 11.3 Å². The van der Waals surface area contributed by atoms with Crippen LogP contribution in [0.1, 0.15) is 5.56 Å². The highest BCUT2D eigenvalue weighted by Gasteiger charge is 2.26. The summed E-state index contributed by atoms with van der Waals surface area (Å²) >= 11 is 1.44. The number of nitrogens with one attached hydrogen (secondary N) is 1. The van der Waals surface area contributed by atoms with Gasteiger partial charge in [0.2, 0.25) is 5.91 Å². The molecule has 3 rings (SSSR count). The predicted octanol–water partition coefficient (Wildman–Crippen LogP) is 1.29. The smallest absolute Gasteiger partial charge is 0.254 e. The Hall–Kier alpha value is -2.28. The third-order valence-corrected chi connectivity index (χ3v) is 4.87. The molecule has 120 valence electrons. The van der Waals surface area contributed by atoms with Crippen LogP contribution in [0.4, 0.5) is 0 Å². The van der Waals surface area contributed by atoms with Crippen LogP contribution in [0.2, 0.25) is 0 Å². The van der Waals surface area contributed by atoms with Crippen molar-refractivity contribution in [1.82, 2.24) is 14.9 Å². The van der Waals surface area contributed by atoms with Crippen LogP contribution in [-0.2, 0) is 17.9 Å². The minimum Gasteiger partial charge on any atom is -0.497 e. The van der Waals surface area contributed by atoms with Crippen LogP contribution >= 0.6 is 11.8 Å².